The maximum absolute atomic E-state index is 12.4. The number of hydrogen-bond acceptors (Lipinski definition) is 7. The van der Waals surface area contributed by atoms with Gasteiger partial charge in [0.25, 0.3) is 0 Å². The summed E-state index contributed by atoms with van der Waals surface area (Å²) in [4.78, 5) is 30.5. The molecule has 182 valence electrons. The van der Waals surface area contributed by atoms with Crippen LogP contribution in [0.15, 0.2) is 17.5 Å². The van der Waals surface area contributed by atoms with Gasteiger partial charge in [-0.1, -0.05) is 6.07 Å². The Labute approximate surface area is 204 Å². The number of thiocarbonyl (C=S) groups is 1. The molecule has 4 N–H and O–H groups in total. The number of morpholine rings is 1. The summed E-state index contributed by atoms with van der Waals surface area (Å²) in [5.74, 6) is 0.125. The number of ether oxygens (including phenoxy) is 1. The molecule has 33 heavy (non-hydrogen) atoms. The van der Waals surface area contributed by atoms with Crippen LogP contribution in [-0.4, -0.2) is 97.3 Å². The molecule has 3 atom stereocenters. The Balaban J connectivity index is 1.18. The van der Waals surface area contributed by atoms with E-state index < -0.39 is 0 Å². The summed E-state index contributed by atoms with van der Waals surface area (Å²) in [6.45, 7) is 7.15. The van der Waals surface area contributed by atoms with Gasteiger partial charge in [-0.25, -0.2) is 0 Å². The van der Waals surface area contributed by atoms with Crippen LogP contribution in [0.2, 0.25) is 0 Å². The fourth-order valence-corrected chi connectivity index (χ4v) is 5.64. The van der Waals surface area contributed by atoms with Gasteiger partial charge in [0, 0.05) is 62.7 Å². The zero-order valence-corrected chi connectivity index (χ0v) is 20.5. The SMILES string of the molecule is O=C(CC[C@H]1CNC(=O)[C@H]2C[C@H](NC(=S)NCCN3CCOCC3)CN12)NCc1cccs1. The molecular weight excluding hydrogens is 460 g/mol. The van der Waals surface area contributed by atoms with Crippen molar-refractivity contribution < 1.29 is 14.3 Å². The van der Waals surface area contributed by atoms with E-state index >= 15 is 0 Å². The van der Waals surface area contributed by atoms with Crippen LogP contribution in [-0.2, 0) is 20.9 Å². The molecule has 0 saturated carbocycles. The van der Waals surface area contributed by atoms with Crippen LogP contribution in [0, 0.1) is 0 Å². The molecule has 0 bridgehead atoms. The van der Waals surface area contributed by atoms with E-state index in [1.54, 1.807) is 11.3 Å². The molecule has 9 nitrogen and oxygen atoms in total. The van der Waals surface area contributed by atoms with Crippen molar-refractivity contribution in [2.24, 2.45) is 0 Å². The fraction of sp³-hybridized carbons (Fsp3) is 0.682. The van der Waals surface area contributed by atoms with E-state index in [-0.39, 0.29) is 29.9 Å². The highest BCUT2D eigenvalue weighted by Crippen LogP contribution is 2.25. The second kappa shape index (κ2) is 12.1. The number of piperazine rings is 1. The summed E-state index contributed by atoms with van der Waals surface area (Å²) in [6.07, 6.45) is 1.90. The number of nitrogens with one attached hydrogen (secondary N) is 4. The van der Waals surface area contributed by atoms with Gasteiger partial charge in [0.2, 0.25) is 11.8 Å². The molecule has 0 aromatic carbocycles. The lowest BCUT2D eigenvalue weighted by Gasteiger charge is -2.37. The molecule has 3 saturated heterocycles. The van der Waals surface area contributed by atoms with Gasteiger partial charge >= 0.3 is 0 Å². The molecule has 11 heteroatoms. The molecule has 3 aliphatic heterocycles. The van der Waals surface area contributed by atoms with Gasteiger partial charge < -0.3 is 26.0 Å². The summed E-state index contributed by atoms with van der Waals surface area (Å²) >= 11 is 7.13. The van der Waals surface area contributed by atoms with Crippen molar-refractivity contribution in [2.45, 2.75) is 43.9 Å². The lowest BCUT2D eigenvalue weighted by atomic mass is 10.0. The number of carbonyl (C=O) groups is 2. The van der Waals surface area contributed by atoms with Gasteiger partial charge in [-0.3, -0.25) is 19.4 Å². The van der Waals surface area contributed by atoms with Gasteiger partial charge in [-0.2, -0.15) is 0 Å². The average molecular weight is 495 g/mol. The Morgan fingerprint density at radius 3 is 2.94 bits per heavy atom. The molecule has 0 radical (unpaired) electrons. The first kappa shape index (κ1) is 24.3. The highest BCUT2D eigenvalue weighted by Gasteiger charge is 2.43. The Morgan fingerprint density at radius 1 is 1.30 bits per heavy atom. The molecule has 0 unspecified atom stereocenters. The summed E-state index contributed by atoms with van der Waals surface area (Å²) < 4.78 is 5.38. The predicted molar refractivity (Wildman–Crippen MR) is 132 cm³/mol. The highest BCUT2D eigenvalue weighted by molar-refractivity contribution is 7.80. The van der Waals surface area contributed by atoms with Gasteiger partial charge in [0.15, 0.2) is 5.11 Å². The second-order valence-electron chi connectivity index (χ2n) is 8.79. The fourth-order valence-electron chi connectivity index (χ4n) is 4.72. The van der Waals surface area contributed by atoms with E-state index in [2.05, 4.69) is 31.1 Å². The lowest BCUT2D eigenvalue weighted by molar-refractivity contribution is -0.129. The Hall–Kier alpha value is -1.79. The van der Waals surface area contributed by atoms with E-state index in [4.69, 9.17) is 17.0 Å². The van der Waals surface area contributed by atoms with Gasteiger partial charge in [0.1, 0.15) is 0 Å². The number of hydrogen-bond donors (Lipinski definition) is 4. The minimum absolute atomic E-state index is 0.0522. The van der Waals surface area contributed by atoms with Crippen LogP contribution < -0.4 is 21.3 Å². The first-order chi connectivity index (χ1) is 16.1. The normalized spacial score (nSPS) is 25.8. The van der Waals surface area contributed by atoms with E-state index in [9.17, 15) is 9.59 Å². The molecule has 3 aliphatic rings. The van der Waals surface area contributed by atoms with Crippen molar-refractivity contribution in [2.75, 3.05) is 52.5 Å². The zero-order chi connectivity index (χ0) is 23.0. The molecule has 1 aromatic heterocycles. The van der Waals surface area contributed by atoms with Crippen LogP contribution in [0.4, 0.5) is 0 Å². The second-order valence-corrected chi connectivity index (χ2v) is 10.2. The Kier molecular flexibility index (Phi) is 8.90. The third-order valence-corrected chi connectivity index (χ3v) is 7.66. The quantitative estimate of drug-likeness (QED) is 0.353. The van der Waals surface area contributed by atoms with Crippen molar-refractivity contribution in [3.05, 3.63) is 22.4 Å². The average Bonchev–Trinajstić information content (AvgIpc) is 3.48. The maximum Gasteiger partial charge on any atom is 0.237 e. The number of carbonyl (C=O) groups excluding carboxylic acids is 2. The van der Waals surface area contributed by atoms with Crippen molar-refractivity contribution in [1.29, 1.82) is 0 Å². The smallest absolute Gasteiger partial charge is 0.237 e. The molecular formula is C22H34N6O3S2. The minimum Gasteiger partial charge on any atom is -0.379 e. The summed E-state index contributed by atoms with van der Waals surface area (Å²) in [5, 5.41) is 15.3. The monoisotopic (exact) mass is 494 g/mol. The zero-order valence-electron chi connectivity index (χ0n) is 18.9. The molecule has 4 heterocycles. The van der Waals surface area contributed by atoms with Crippen molar-refractivity contribution in [3.8, 4) is 0 Å². The number of nitrogens with zero attached hydrogens (tertiary/aromatic N) is 2. The van der Waals surface area contributed by atoms with E-state index in [1.807, 2.05) is 17.5 Å². The van der Waals surface area contributed by atoms with Crippen LogP contribution in [0.5, 0.6) is 0 Å². The van der Waals surface area contributed by atoms with E-state index in [0.29, 0.717) is 24.6 Å². The van der Waals surface area contributed by atoms with Gasteiger partial charge in [-0.05, 0) is 36.5 Å². The van der Waals surface area contributed by atoms with Crippen LogP contribution in [0.3, 0.4) is 0 Å². The van der Waals surface area contributed by atoms with Crippen LogP contribution >= 0.6 is 23.6 Å². The number of rotatable bonds is 9. The van der Waals surface area contributed by atoms with Crippen molar-refractivity contribution in [1.82, 2.24) is 31.1 Å². The first-order valence-corrected chi connectivity index (χ1v) is 13.0. The Morgan fingerprint density at radius 2 is 2.15 bits per heavy atom. The molecule has 1 aromatic rings. The van der Waals surface area contributed by atoms with Crippen LogP contribution in [0.25, 0.3) is 0 Å². The molecule has 0 spiro atoms. The van der Waals surface area contributed by atoms with E-state index in [0.717, 1.165) is 63.7 Å². The number of amides is 2. The van der Waals surface area contributed by atoms with Gasteiger partial charge in [-0.15, -0.1) is 11.3 Å². The minimum atomic E-state index is -0.161. The molecule has 2 amide bonds. The largest absolute Gasteiger partial charge is 0.379 e. The third kappa shape index (κ3) is 7.10. The lowest BCUT2D eigenvalue weighted by Crippen LogP contribution is -2.58. The molecule has 4 rings (SSSR count). The number of thiophene rings is 1. The Bertz CT molecular complexity index is 802. The van der Waals surface area contributed by atoms with Crippen LogP contribution in [0.1, 0.15) is 24.1 Å². The topological polar surface area (TPSA) is 98.0 Å². The first-order valence-electron chi connectivity index (χ1n) is 11.8. The van der Waals surface area contributed by atoms with Gasteiger partial charge in [0.05, 0.1) is 25.8 Å². The van der Waals surface area contributed by atoms with Crippen molar-refractivity contribution in [3.63, 3.8) is 0 Å². The molecule has 3 fully saturated rings. The maximum atomic E-state index is 12.4. The predicted octanol–water partition coefficient (Wildman–Crippen LogP) is -0.118. The van der Waals surface area contributed by atoms with E-state index in [1.165, 1.54) is 0 Å². The molecule has 0 aliphatic carbocycles. The summed E-state index contributed by atoms with van der Waals surface area (Å²) in [5.41, 5.74) is 0. The number of fused-ring (bicyclic) bond motifs is 1. The summed E-state index contributed by atoms with van der Waals surface area (Å²) in [7, 11) is 0. The highest BCUT2D eigenvalue weighted by atomic mass is 32.1. The van der Waals surface area contributed by atoms with Crippen molar-refractivity contribution >= 4 is 40.5 Å². The standard InChI is InChI=1S/C22H34N6O3S2/c29-20(24-14-18-2-1-11-33-18)4-3-17-13-25-21(30)19-12-16(15-28(17)19)26-22(32)23-5-6-27-7-9-31-10-8-27/h1-2,11,16-17,19H,3-10,12-15H2,(H,24,29)(H,25,30)(H2,23,26,32)/t16-,17-,19+/m0/s1. The third-order valence-electron chi connectivity index (χ3n) is 6.52. The summed E-state index contributed by atoms with van der Waals surface area (Å²) in [6, 6.07) is 4.13.